The van der Waals surface area contributed by atoms with Crippen LogP contribution in [0.3, 0.4) is 0 Å². The van der Waals surface area contributed by atoms with Gasteiger partial charge in [0.2, 0.25) is 0 Å². The first-order chi connectivity index (χ1) is 7.04. The fourth-order valence-electron chi connectivity index (χ4n) is 1.50. The zero-order valence-corrected chi connectivity index (χ0v) is 11.3. The van der Waals surface area contributed by atoms with Gasteiger partial charge in [-0.25, -0.2) is 0 Å². The lowest BCUT2D eigenvalue weighted by Gasteiger charge is -2.18. The van der Waals surface area contributed by atoms with E-state index in [1.807, 2.05) is 18.2 Å². The van der Waals surface area contributed by atoms with Crippen molar-refractivity contribution >= 4 is 27.5 Å². The molecule has 0 aliphatic heterocycles. The smallest absolute Gasteiger partial charge is 0.0548 e. The summed E-state index contributed by atoms with van der Waals surface area (Å²) in [6, 6.07) is 6.07. The maximum Gasteiger partial charge on any atom is 0.0548 e. The Balaban J connectivity index is 2.87. The first-order valence-electron chi connectivity index (χ1n) is 4.95. The summed E-state index contributed by atoms with van der Waals surface area (Å²) in [6.07, 6.45) is 1.00. The van der Waals surface area contributed by atoms with E-state index in [1.54, 1.807) is 0 Å². The van der Waals surface area contributed by atoms with Crippen molar-refractivity contribution in [2.45, 2.75) is 26.3 Å². The van der Waals surface area contributed by atoms with Gasteiger partial charge in [-0.2, -0.15) is 0 Å². The predicted octanol–water partition coefficient (Wildman–Crippen LogP) is 3.65. The quantitative estimate of drug-likeness (QED) is 0.656. The van der Waals surface area contributed by atoms with E-state index >= 15 is 0 Å². The number of hydrogen-bond acceptors (Lipinski definition) is 2. The van der Waals surface area contributed by atoms with Crippen LogP contribution in [0.4, 0.5) is 0 Å². The van der Waals surface area contributed by atoms with Gasteiger partial charge in [0.05, 0.1) is 5.02 Å². The fourth-order valence-corrected chi connectivity index (χ4v) is 2.01. The van der Waals surface area contributed by atoms with E-state index in [2.05, 4.69) is 35.2 Å². The average molecular weight is 292 g/mol. The molecule has 0 aliphatic carbocycles. The molecule has 0 heterocycles. The number of hydrogen-bond donors (Lipinski definition) is 2. The van der Waals surface area contributed by atoms with Gasteiger partial charge in [0.1, 0.15) is 0 Å². The van der Waals surface area contributed by atoms with Crippen molar-refractivity contribution in [2.24, 2.45) is 11.8 Å². The molecular weight excluding hydrogens is 275 g/mol. The first kappa shape index (κ1) is 13.0. The minimum absolute atomic E-state index is 0.179. The lowest BCUT2D eigenvalue weighted by atomic mass is 9.98. The number of hydrazine groups is 1. The first-order valence-corrected chi connectivity index (χ1v) is 6.12. The molecule has 3 N–H and O–H groups in total. The van der Waals surface area contributed by atoms with Gasteiger partial charge in [-0.15, -0.1) is 0 Å². The zero-order chi connectivity index (χ0) is 11.4. The lowest BCUT2D eigenvalue weighted by molar-refractivity contribution is 0.438. The van der Waals surface area contributed by atoms with E-state index in [1.165, 1.54) is 0 Å². The van der Waals surface area contributed by atoms with Gasteiger partial charge in [0.15, 0.2) is 0 Å². The van der Waals surface area contributed by atoms with Crippen molar-refractivity contribution in [2.75, 3.05) is 0 Å². The number of nitrogens with two attached hydrogens (primary N) is 1. The van der Waals surface area contributed by atoms with Gasteiger partial charge in [-0.05, 0) is 46.0 Å². The van der Waals surface area contributed by atoms with E-state index < -0.39 is 0 Å². The molecule has 0 amide bonds. The highest BCUT2D eigenvalue weighted by Crippen LogP contribution is 2.28. The molecule has 0 aromatic heterocycles. The molecule has 0 aliphatic rings. The standard InChI is InChI=1S/C11H16BrClN2/c1-7(2)5-11(15-14)8-3-4-10(13)9(12)6-8/h3-4,6-7,11,15H,5,14H2,1-2H3. The van der Waals surface area contributed by atoms with E-state index in [0.29, 0.717) is 5.92 Å². The third kappa shape index (κ3) is 3.76. The highest BCUT2D eigenvalue weighted by Gasteiger charge is 2.12. The molecule has 0 saturated heterocycles. The van der Waals surface area contributed by atoms with Crippen LogP contribution >= 0.6 is 27.5 Å². The SMILES string of the molecule is CC(C)CC(NN)c1ccc(Cl)c(Br)c1. The molecule has 84 valence electrons. The summed E-state index contributed by atoms with van der Waals surface area (Å²) in [5, 5.41) is 0.721. The zero-order valence-electron chi connectivity index (χ0n) is 8.93. The molecule has 1 atom stereocenters. The van der Waals surface area contributed by atoms with Gasteiger partial charge in [0.25, 0.3) is 0 Å². The summed E-state index contributed by atoms with van der Waals surface area (Å²) in [7, 11) is 0. The Kier molecular flexibility index (Phi) is 5.06. The van der Waals surface area contributed by atoms with Crippen molar-refractivity contribution in [3.63, 3.8) is 0 Å². The van der Waals surface area contributed by atoms with E-state index in [0.717, 1.165) is 21.5 Å². The van der Waals surface area contributed by atoms with Crippen molar-refractivity contribution in [3.8, 4) is 0 Å². The molecule has 15 heavy (non-hydrogen) atoms. The van der Waals surface area contributed by atoms with Crippen molar-refractivity contribution < 1.29 is 0 Å². The summed E-state index contributed by atoms with van der Waals surface area (Å²) < 4.78 is 0.908. The molecule has 0 spiro atoms. The Bertz CT molecular complexity index is 328. The highest BCUT2D eigenvalue weighted by molar-refractivity contribution is 9.10. The second kappa shape index (κ2) is 5.85. The van der Waals surface area contributed by atoms with Gasteiger partial charge in [-0.1, -0.05) is 31.5 Å². The van der Waals surface area contributed by atoms with Crippen LogP contribution < -0.4 is 11.3 Å². The topological polar surface area (TPSA) is 38.0 Å². The van der Waals surface area contributed by atoms with Gasteiger partial charge >= 0.3 is 0 Å². The van der Waals surface area contributed by atoms with Crippen LogP contribution in [0.25, 0.3) is 0 Å². The van der Waals surface area contributed by atoms with Crippen LogP contribution in [0, 0.1) is 5.92 Å². The summed E-state index contributed by atoms with van der Waals surface area (Å²) in [5.74, 6) is 6.14. The molecule has 0 radical (unpaired) electrons. The van der Waals surface area contributed by atoms with Crippen molar-refractivity contribution in [1.82, 2.24) is 5.43 Å². The molecule has 4 heteroatoms. The third-order valence-electron chi connectivity index (χ3n) is 2.25. The monoisotopic (exact) mass is 290 g/mol. The molecule has 0 saturated carbocycles. The second-order valence-electron chi connectivity index (χ2n) is 4.02. The van der Waals surface area contributed by atoms with Crippen LogP contribution in [-0.4, -0.2) is 0 Å². The molecule has 2 nitrogen and oxygen atoms in total. The number of halogens is 2. The molecule has 1 aromatic rings. The molecule has 1 unspecified atom stereocenters. The predicted molar refractivity (Wildman–Crippen MR) is 68.7 cm³/mol. The van der Waals surface area contributed by atoms with Gasteiger partial charge in [0, 0.05) is 10.5 Å². The van der Waals surface area contributed by atoms with Crippen LogP contribution in [-0.2, 0) is 0 Å². The Labute approximate surface area is 104 Å². The Morgan fingerprint density at radius 2 is 2.13 bits per heavy atom. The maximum atomic E-state index is 5.94. The number of nitrogens with one attached hydrogen (secondary N) is 1. The molecule has 1 rings (SSSR count). The molecular formula is C11H16BrClN2. The van der Waals surface area contributed by atoms with Gasteiger partial charge < -0.3 is 0 Å². The van der Waals surface area contributed by atoms with Crippen LogP contribution in [0.2, 0.25) is 5.02 Å². The summed E-state index contributed by atoms with van der Waals surface area (Å²) in [6.45, 7) is 4.35. The Morgan fingerprint density at radius 1 is 1.47 bits per heavy atom. The summed E-state index contributed by atoms with van der Waals surface area (Å²) in [5.41, 5.74) is 3.99. The van der Waals surface area contributed by atoms with Gasteiger partial charge in [-0.3, -0.25) is 11.3 Å². The average Bonchev–Trinajstić information content (AvgIpc) is 2.18. The maximum absolute atomic E-state index is 5.94. The van der Waals surface area contributed by atoms with E-state index in [9.17, 15) is 0 Å². The lowest BCUT2D eigenvalue weighted by Crippen LogP contribution is -2.29. The number of benzene rings is 1. The summed E-state index contributed by atoms with van der Waals surface area (Å²) in [4.78, 5) is 0. The Hall–Kier alpha value is -0.0900. The van der Waals surface area contributed by atoms with Crippen molar-refractivity contribution in [3.05, 3.63) is 33.3 Å². The fraction of sp³-hybridized carbons (Fsp3) is 0.455. The van der Waals surface area contributed by atoms with E-state index in [-0.39, 0.29) is 6.04 Å². The Morgan fingerprint density at radius 3 is 2.60 bits per heavy atom. The third-order valence-corrected chi connectivity index (χ3v) is 3.47. The number of rotatable bonds is 4. The summed E-state index contributed by atoms with van der Waals surface area (Å²) >= 11 is 9.34. The minimum atomic E-state index is 0.179. The van der Waals surface area contributed by atoms with Crippen LogP contribution in [0.15, 0.2) is 22.7 Å². The second-order valence-corrected chi connectivity index (χ2v) is 5.28. The normalized spacial score (nSPS) is 13.2. The molecule has 1 aromatic carbocycles. The molecule has 0 fully saturated rings. The van der Waals surface area contributed by atoms with Crippen LogP contribution in [0.1, 0.15) is 31.9 Å². The van der Waals surface area contributed by atoms with E-state index in [4.69, 9.17) is 17.4 Å². The largest absolute Gasteiger partial charge is 0.271 e. The molecule has 0 bridgehead atoms. The van der Waals surface area contributed by atoms with Crippen LogP contribution in [0.5, 0.6) is 0 Å². The highest BCUT2D eigenvalue weighted by atomic mass is 79.9. The minimum Gasteiger partial charge on any atom is -0.271 e. The van der Waals surface area contributed by atoms with Crippen molar-refractivity contribution in [1.29, 1.82) is 0 Å².